The van der Waals surface area contributed by atoms with Gasteiger partial charge < -0.3 is 14.7 Å². The molecular formula is C10H18N2O4. The minimum absolute atomic E-state index is 0.0878. The van der Waals surface area contributed by atoms with Crippen molar-refractivity contribution in [2.75, 3.05) is 40.3 Å². The van der Waals surface area contributed by atoms with Gasteiger partial charge in [0.15, 0.2) is 0 Å². The highest BCUT2D eigenvalue weighted by Crippen LogP contribution is 2.09. The molecule has 6 heteroatoms. The second kappa shape index (κ2) is 5.81. The van der Waals surface area contributed by atoms with Crippen LogP contribution in [0.3, 0.4) is 0 Å². The van der Waals surface area contributed by atoms with Crippen molar-refractivity contribution in [3.05, 3.63) is 0 Å². The third-order valence-corrected chi connectivity index (χ3v) is 2.85. The van der Waals surface area contributed by atoms with Crippen LogP contribution >= 0.6 is 0 Å². The third kappa shape index (κ3) is 3.46. The Hall–Kier alpha value is -1.14. The molecule has 1 saturated heterocycles. The van der Waals surface area contributed by atoms with Gasteiger partial charge in [-0.15, -0.1) is 0 Å². The second-order valence-electron chi connectivity index (χ2n) is 3.97. The van der Waals surface area contributed by atoms with Crippen molar-refractivity contribution in [3.8, 4) is 0 Å². The molecule has 0 spiro atoms. The van der Waals surface area contributed by atoms with Crippen LogP contribution in [0.2, 0.25) is 0 Å². The van der Waals surface area contributed by atoms with Crippen LogP contribution in [-0.2, 0) is 14.3 Å². The Morgan fingerprint density at radius 1 is 1.31 bits per heavy atom. The van der Waals surface area contributed by atoms with Crippen molar-refractivity contribution >= 4 is 11.9 Å². The van der Waals surface area contributed by atoms with Crippen LogP contribution in [0.25, 0.3) is 0 Å². The lowest BCUT2D eigenvalue weighted by Gasteiger charge is -2.35. The fourth-order valence-corrected chi connectivity index (χ4v) is 1.75. The van der Waals surface area contributed by atoms with Crippen molar-refractivity contribution in [3.63, 3.8) is 0 Å². The summed E-state index contributed by atoms with van der Waals surface area (Å²) in [6.45, 7) is 2.99. The van der Waals surface area contributed by atoms with Gasteiger partial charge in [-0.2, -0.15) is 0 Å². The molecule has 0 aromatic heterocycles. The number of carboxylic acid groups (broad SMARTS) is 1. The highest BCUT2D eigenvalue weighted by molar-refractivity contribution is 5.81. The number of ether oxygens (including phenoxy) is 1. The SMILES string of the molecule is COC(=O)C[C@H](C(=O)O)N1CCN(C)CC1. The van der Waals surface area contributed by atoms with E-state index < -0.39 is 18.0 Å². The van der Waals surface area contributed by atoms with Crippen LogP contribution in [0.5, 0.6) is 0 Å². The lowest BCUT2D eigenvalue weighted by molar-refractivity contribution is -0.152. The van der Waals surface area contributed by atoms with E-state index in [9.17, 15) is 9.59 Å². The Morgan fingerprint density at radius 3 is 2.31 bits per heavy atom. The fraction of sp³-hybridized carbons (Fsp3) is 0.800. The normalized spacial score (nSPS) is 20.4. The van der Waals surface area contributed by atoms with Crippen molar-refractivity contribution in [1.29, 1.82) is 0 Å². The minimum atomic E-state index is -0.963. The zero-order valence-electron chi connectivity index (χ0n) is 9.68. The summed E-state index contributed by atoms with van der Waals surface area (Å²) in [4.78, 5) is 26.1. The maximum Gasteiger partial charge on any atom is 0.321 e. The van der Waals surface area contributed by atoms with E-state index >= 15 is 0 Å². The highest BCUT2D eigenvalue weighted by atomic mass is 16.5. The number of aliphatic carboxylic acids is 1. The largest absolute Gasteiger partial charge is 0.480 e. The standard InChI is InChI=1S/C10H18N2O4/c1-11-3-5-12(6-4-11)8(10(14)15)7-9(13)16-2/h8H,3-7H2,1-2H3,(H,14,15)/t8-/m1/s1. The molecule has 0 aromatic rings. The second-order valence-corrected chi connectivity index (χ2v) is 3.97. The summed E-state index contributed by atoms with van der Waals surface area (Å²) in [5, 5.41) is 9.07. The fourth-order valence-electron chi connectivity index (χ4n) is 1.75. The minimum Gasteiger partial charge on any atom is -0.480 e. The van der Waals surface area contributed by atoms with E-state index in [0.717, 1.165) is 13.1 Å². The number of likely N-dealkylation sites (N-methyl/N-ethyl adjacent to an activating group) is 1. The van der Waals surface area contributed by atoms with E-state index in [0.29, 0.717) is 13.1 Å². The summed E-state index contributed by atoms with van der Waals surface area (Å²) in [7, 11) is 3.26. The summed E-state index contributed by atoms with van der Waals surface area (Å²) in [5.41, 5.74) is 0. The zero-order chi connectivity index (χ0) is 12.1. The van der Waals surface area contributed by atoms with Gasteiger partial charge in [0.1, 0.15) is 6.04 Å². The molecule has 1 atom stereocenters. The molecule has 6 nitrogen and oxygen atoms in total. The van der Waals surface area contributed by atoms with Crippen molar-refractivity contribution in [2.24, 2.45) is 0 Å². The molecule has 0 aromatic carbocycles. The molecule has 0 unspecified atom stereocenters. The molecule has 0 amide bonds. The summed E-state index contributed by atoms with van der Waals surface area (Å²) >= 11 is 0. The average molecular weight is 230 g/mol. The topological polar surface area (TPSA) is 70.1 Å². The molecule has 1 rings (SSSR count). The van der Waals surface area contributed by atoms with Crippen LogP contribution in [0, 0.1) is 0 Å². The third-order valence-electron chi connectivity index (χ3n) is 2.85. The Kier molecular flexibility index (Phi) is 4.70. The van der Waals surface area contributed by atoms with Crippen molar-refractivity contribution < 1.29 is 19.4 Å². The van der Waals surface area contributed by atoms with Gasteiger partial charge in [-0.3, -0.25) is 14.5 Å². The maximum atomic E-state index is 11.1. The van der Waals surface area contributed by atoms with E-state index in [4.69, 9.17) is 5.11 Å². The number of methoxy groups -OCH3 is 1. The Bertz CT molecular complexity index is 262. The molecule has 1 fully saturated rings. The van der Waals surface area contributed by atoms with Crippen LogP contribution in [-0.4, -0.2) is 73.2 Å². The van der Waals surface area contributed by atoms with E-state index in [-0.39, 0.29) is 6.42 Å². The molecule has 0 saturated carbocycles. The van der Waals surface area contributed by atoms with Crippen LogP contribution in [0.15, 0.2) is 0 Å². The Morgan fingerprint density at radius 2 is 1.88 bits per heavy atom. The Labute approximate surface area is 94.8 Å². The van der Waals surface area contributed by atoms with Gasteiger partial charge in [-0.05, 0) is 7.05 Å². The van der Waals surface area contributed by atoms with Gasteiger partial charge in [0, 0.05) is 26.2 Å². The Balaban J connectivity index is 2.56. The van der Waals surface area contributed by atoms with Crippen LogP contribution in [0.1, 0.15) is 6.42 Å². The number of hydrogen-bond acceptors (Lipinski definition) is 5. The van der Waals surface area contributed by atoms with Crippen LogP contribution in [0.4, 0.5) is 0 Å². The first-order valence-electron chi connectivity index (χ1n) is 5.27. The van der Waals surface area contributed by atoms with E-state index in [1.807, 2.05) is 11.9 Å². The number of piperazine rings is 1. The summed E-state index contributed by atoms with van der Waals surface area (Å²) in [6, 6.07) is -0.763. The highest BCUT2D eigenvalue weighted by Gasteiger charge is 2.30. The molecular weight excluding hydrogens is 212 g/mol. The molecule has 16 heavy (non-hydrogen) atoms. The number of esters is 1. The quantitative estimate of drug-likeness (QED) is 0.641. The van der Waals surface area contributed by atoms with E-state index in [2.05, 4.69) is 9.64 Å². The molecule has 1 aliphatic heterocycles. The molecule has 1 aliphatic rings. The first-order chi connectivity index (χ1) is 7.54. The van der Waals surface area contributed by atoms with Gasteiger partial charge in [-0.1, -0.05) is 0 Å². The lowest BCUT2D eigenvalue weighted by atomic mass is 10.1. The number of rotatable bonds is 4. The summed E-state index contributed by atoms with van der Waals surface area (Å²) in [6.07, 6.45) is -0.0878. The van der Waals surface area contributed by atoms with Crippen molar-refractivity contribution in [1.82, 2.24) is 9.80 Å². The van der Waals surface area contributed by atoms with Gasteiger partial charge >= 0.3 is 11.9 Å². The number of carbonyl (C=O) groups is 2. The molecule has 0 radical (unpaired) electrons. The molecule has 1 heterocycles. The predicted octanol–water partition coefficient (Wildman–Crippen LogP) is -0.750. The van der Waals surface area contributed by atoms with E-state index in [1.54, 1.807) is 0 Å². The predicted molar refractivity (Wildman–Crippen MR) is 57.1 cm³/mol. The lowest BCUT2D eigenvalue weighted by Crippen LogP contribution is -2.52. The van der Waals surface area contributed by atoms with Gasteiger partial charge in [0.05, 0.1) is 13.5 Å². The first-order valence-corrected chi connectivity index (χ1v) is 5.27. The maximum absolute atomic E-state index is 11.1. The molecule has 92 valence electrons. The summed E-state index contributed by atoms with van der Waals surface area (Å²) < 4.78 is 4.50. The van der Waals surface area contributed by atoms with Crippen molar-refractivity contribution in [2.45, 2.75) is 12.5 Å². The number of hydrogen-bond donors (Lipinski definition) is 1. The smallest absolute Gasteiger partial charge is 0.321 e. The van der Waals surface area contributed by atoms with E-state index in [1.165, 1.54) is 7.11 Å². The van der Waals surface area contributed by atoms with Crippen LogP contribution < -0.4 is 0 Å². The number of carboxylic acids is 1. The monoisotopic (exact) mass is 230 g/mol. The van der Waals surface area contributed by atoms with Gasteiger partial charge in [0.25, 0.3) is 0 Å². The van der Waals surface area contributed by atoms with Gasteiger partial charge in [-0.25, -0.2) is 0 Å². The molecule has 0 bridgehead atoms. The zero-order valence-corrected chi connectivity index (χ0v) is 9.68. The van der Waals surface area contributed by atoms with Gasteiger partial charge in [0.2, 0.25) is 0 Å². The molecule has 1 N–H and O–H groups in total. The number of nitrogens with zero attached hydrogens (tertiary/aromatic N) is 2. The number of carbonyl (C=O) groups excluding carboxylic acids is 1. The summed E-state index contributed by atoms with van der Waals surface area (Å²) in [5.74, 6) is -1.44. The molecule has 0 aliphatic carbocycles. The average Bonchev–Trinajstić information content (AvgIpc) is 2.26. The first kappa shape index (κ1) is 12.9.